The van der Waals surface area contributed by atoms with Crippen molar-refractivity contribution in [1.29, 1.82) is 0 Å². The lowest BCUT2D eigenvalue weighted by Gasteiger charge is -2.42. The first-order valence-electron chi connectivity index (χ1n) is 19.1. The molecular formula is C32H45F27O6Si4. The zero-order chi connectivity index (χ0) is 55.8. The van der Waals surface area contributed by atoms with Crippen LogP contribution in [0.25, 0.3) is 0 Å². The summed E-state index contributed by atoms with van der Waals surface area (Å²) in [5.41, 5.74) is 1.39. The van der Waals surface area contributed by atoms with Crippen LogP contribution >= 0.6 is 0 Å². The van der Waals surface area contributed by atoms with Crippen molar-refractivity contribution in [2.24, 2.45) is 0 Å². The molecule has 0 saturated carbocycles. The summed E-state index contributed by atoms with van der Waals surface area (Å²) in [6, 6.07) is -5.51. The molecule has 0 bridgehead atoms. The van der Waals surface area contributed by atoms with Crippen LogP contribution in [-0.4, -0.2) is 111 Å². The monoisotopic (exact) mass is 1150 g/mol. The van der Waals surface area contributed by atoms with E-state index in [4.69, 9.17) is 4.12 Å². The predicted molar refractivity (Wildman–Crippen MR) is 194 cm³/mol. The van der Waals surface area contributed by atoms with Gasteiger partial charge in [0, 0.05) is 26.2 Å². The second-order valence-corrected chi connectivity index (χ2v) is 34.2. The molecule has 0 saturated heterocycles. The molecule has 0 aromatic heterocycles. The van der Waals surface area contributed by atoms with Crippen LogP contribution in [0.1, 0.15) is 52.4 Å². The lowest BCUT2D eigenvalue weighted by atomic mass is 10.1. The van der Waals surface area contributed by atoms with Crippen molar-refractivity contribution < 1.29 is 146 Å². The first-order chi connectivity index (χ1) is 29.7. The van der Waals surface area contributed by atoms with Gasteiger partial charge in [-0.15, -0.1) is 19.8 Å². The van der Waals surface area contributed by atoms with E-state index in [1.807, 2.05) is 4.43 Å². The Balaban J connectivity index is 7.33. The highest BCUT2D eigenvalue weighted by Crippen LogP contribution is 2.56. The molecule has 414 valence electrons. The number of alkyl halides is 27. The van der Waals surface area contributed by atoms with Crippen LogP contribution in [0.4, 0.5) is 119 Å². The summed E-state index contributed by atoms with van der Waals surface area (Å²) in [4.78, 5) is 0. The zero-order valence-electron chi connectivity index (χ0n) is 36.8. The van der Waals surface area contributed by atoms with Gasteiger partial charge in [0.15, 0.2) is 24.7 Å². The molecule has 0 spiro atoms. The molecule has 0 amide bonds. The number of rotatable bonds is 27. The van der Waals surface area contributed by atoms with Gasteiger partial charge in [-0.1, -0.05) is 31.6 Å². The molecular weight excluding hydrogens is 1110 g/mol. The van der Waals surface area contributed by atoms with Crippen LogP contribution in [-0.2, 0) is 27.5 Å². The maximum atomic E-state index is 16.1. The third kappa shape index (κ3) is 17.8. The number of unbranched alkanes of at least 4 members (excludes halogenated alkanes) is 2. The minimum absolute atomic E-state index is 0.114. The average Bonchev–Trinajstić information content (AvgIpc) is 3.04. The molecule has 0 rings (SSSR count). The first-order valence-corrected chi connectivity index (χ1v) is 30.5. The molecule has 0 heterocycles. The van der Waals surface area contributed by atoms with Gasteiger partial charge in [0.05, 0.1) is 0 Å². The van der Waals surface area contributed by atoms with E-state index in [1.165, 1.54) is 18.8 Å². The van der Waals surface area contributed by atoms with Crippen molar-refractivity contribution in [3.8, 4) is 0 Å². The molecule has 0 aromatic carbocycles. The van der Waals surface area contributed by atoms with E-state index in [2.05, 4.69) is 25.5 Å². The standard InChI is InChI=1S/C32H45F27O6Si4/c1-10-67(6,7)65-68(8,9)18-15-20(2,33)60-25(40,41)21(3,34)61-27(44,45)28(46,47)63-23(36,14-12-11-13-17-66(4,5)30(51,52)53)26(42,43)62-22(35,24(37,38)39)16-19-69(31(54,55)56,32(57,58)59)64-29(48,49)50/h10H,1,11-19H2,2-9H3. The Morgan fingerprint density at radius 2 is 0.870 bits per heavy atom. The Morgan fingerprint density at radius 1 is 0.435 bits per heavy atom. The van der Waals surface area contributed by atoms with Crippen LogP contribution in [0.15, 0.2) is 12.3 Å². The van der Waals surface area contributed by atoms with E-state index in [1.54, 1.807) is 13.1 Å². The first kappa shape index (κ1) is 67.5. The fraction of sp³-hybridized carbons (Fsp3) is 0.938. The van der Waals surface area contributed by atoms with Crippen LogP contribution in [0.2, 0.25) is 57.4 Å². The fourth-order valence-electron chi connectivity index (χ4n) is 5.53. The minimum Gasteiger partial charge on any atom is -0.453 e. The summed E-state index contributed by atoms with van der Waals surface area (Å²) in [7, 11) is -19.2. The normalized spacial score (nSPS) is 18.9. The lowest BCUT2D eigenvalue weighted by molar-refractivity contribution is -0.546. The zero-order valence-corrected chi connectivity index (χ0v) is 40.8. The maximum absolute atomic E-state index is 16.1. The van der Waals surface area contributed by atoms with Crippen LogP contribution < -0.4 is 0 Å². The van der Waals surface area contributed by atoms with Crippen molar-refractivity contribution >= 4 is 33.0 Å². The van der Waals surface area contributed by atoms with Crippen LogP contribution in [0, 0.1) is 0 Å². The third-order valence-corrected chi connectivity index (χ3v) is 23.0. The van der Waals surface area contributed by atoms with Gasteiger partial charge in [0.1, 0.15) is 0 Å². The van der Waals surface area contributed by atoms with Crippen molar-refractivity contribution in [2.75, 3.05) is 0 Å². The predicted octanol–water partition coefficient (Wildman–Crippen LogP) is 15.7. The molecule has 4 atom stereocenters. The molecule has 0 aliphatic carbocycles. The molecule has 0 aliphatic rings. The van der Waals surface area contributed by atoms with Crippen molar-refractivity contribution in [3.05, 3.63) is 12.3 Å². The molecule has 37 heteroatoms. The molecule has 4 unspecified atom stereocenters. The summed E-state index contributed by atoms with van der Waals surface area (Å²) >= 11 is 0. The highest BCUT2D eigenvalue weighted by Gasteiger charge is 2.81. The van der Waals surface area contributed by atoms with Crippen LogP contribution in [0.5, 0.6) is 0 Å². The molecule has 0 aliphatic heterocycles. The van der Waals surface area contributed by atoms with E-state index < -0.39 is 174 Å². The summed E-state index contributed by atoms with van der Waals surface area (Å²) < 4.78 is 403. The van der Waals surface area contributed by atoms with E-state index in [0.717, 1.165) is 0 Å². The van der Waals surface area contributed by atoms with Crippen molar-refractivity contribution in [2.45, 2.75) is 188 Å². The van der Waals surface area contributed by atoms with Gasteiger partial charge in [-0.2, -0.15) is 87.8 Å². The number of hydrogen-bond acceptors (Lipinski definition) is 6. The van der Waals surface area contributed by atoms with Gasteiger partial charge in [-0.25, -0.2) is 17.6 Å². The van der Waals surface area contributed by atoms with Gasteiger partial charge >= 0.3 is 80.3 Å². The summed E-state index contributed by atoms with van der Waals surface area (Å²) in [5, 5.41) is 0. The van der Waals surface area contributed by atoms with Crippen LogP contribution in [0.3, 0.4) is 0 Å². The maximum Gasteiger partial charge on any atom is 0.513 e. The van der Waals surface area contributed by atoms with E-state index in [0.29, 0.717) is 13.1 Å². The number of halogens is 27. The largest absolute Gasteiger partial charge is 0.513 e. The smallest absolute Gasteiger partial charge is 0.453 e. The van der Waals surface area contributed by atoms with E-state index in [9.17, 15) is 83.4 Å². The molecule has 6 nitrogen and oxygen atoms in total. The lowest BCUT2D eigenvalue weighted by Crippen LogP contribution is -2.67. The second kappa shape index (κ2) is 21.0. The molecule has 0 radical (unpaired) electrons. The third-order valence-electron chi connectivity index (χ3n) is 9.73. The Labute approximate surface area is 378 Å². The van der Waals surface area contributed by atoms with Crippen molar-refractivity contribution in [3.63, 3.8) is 0 Å². The second-order valence-electron chi connectivity index (χ2n) is 17.4. The highest BCUT2D eigenvalue weighted by atomic mass is 28.4. The Bertz CT molecular complexity index is 1670. The van der Waals surface area contributed by atoms with Gasteiger partial charge in [0.25, 0.3) is 0 Å². The average molecular weight is 1150 g/mol. The van der Waals surface area contributed by atoms with Gasteiger partial charge in [-0.3, -0.25) is 18.9 Å². The SMILES string of the molecule is C=C[Si](C)(C)O[Si](C)(C)CCC(C)(F)OC(F)(F)C(C)(F)OC(F)(F)C(F)(F)OC(F)(CCCCC[Si](C)(C)C(F)(F)F)C(F)(F)OC(F)(CC[Si](OC(F)(F)F)(C(F)(F)F)C(F)(F)F)C(F)(F)F. The Kier molecular flexibility index (Phi) is 20.5. The molecule has 0 aromatic rings. The summed E-state index contributed by atoms with van der Waals surface area (Å²) in [6.07, 6.45) is -55.7. The summed E-state index contributed by atoms with van der Waals surface area (Å²) in [6.45, 7) is 9.87. The molecule has 0 fully saturated rings. The van der Waals surface area contributed by atoms with Crippen molar-refractivity contribution in [1.82, 2.24) is 0 Å². The fourth-order valence-corrected chi connectivity index (χ4v) is 16.7. The molecule has 69 heavy (non-hydrogen) atoms. The highest BCUT2D eigenvalue weighted by molar-refractivity contribution is 6.87. The number of hydrogen-bond donors (Lipinski definition) is 0. The summed E-state index contributed by atoms with van der Waals surface area (Å²) in [5.74, 6) is -43.4. The van der Waals surface area contributed by atoms with Gasteiger partial charge in [-0.05, 0) is 57.7 Å². The number of ether oxygens (including phenoxy) is 4. The topological polar surface area (TPSA) is 55.4 Å². The van der Waals surface area contributed by atoms with Gasteiger partial charge < -0.3 is 8.54 Å². The van der Waals surface area contributed by atoms with E-state index in [-0.39, 0.29) is 6.92 Å². The minimum atomic E-state index is -9.11. The molecule has 0 N–H and O–H groups in total. The van der Waals surface area contributed by atoms with E-state index >= 15 is 35.1 Å². The Morgan fingerprint density at radius 3 is 1.26 bits per heavy atom. The quantitative estimate of drug-likeness (QED) is 0.0464. The Hall–Kier alpha value is -1.52. The van der Waals surface area contributed by atoms with Gasteiger partial charge in [0.2, 0.25) is 5.85 Å².